The molecule has 0 spiro atoms. The molecular formula is C27H40N2O7Si. The smallest absolute Gasteiger partial charge is 0.410 e. The van der Waals surface area contributed by atoms with Gasteiger partial charge in [0, 0.05) is 39.0 Å². The van der Waals surface area contributed by atoms with Gasteiger partial charge >= 0.3 is 21.0 Å². The molecule has 0 aliphatic rings. The van der Waals surface area contributed by atoms with Crippen LogP contribution in [-0.2, 0) is 13.3 Å². The number of unbranched alkanes of at least 4 members (excludes halogenated alkanes) is 1. The molecule has 0 fully saturated rings. The molecule has 0 aliphatic carbocycles. The third kappa shape index (κ3) is 10.9. The molecule has 0 saturated carbocycles. The predicted octanol–water partition coefficient (Wildman–Crippen LogP) is 5.77. The number of rotatable bonds is 16. The van der Waals surface area contributed by atoms with Gasteiger partial charge < -0.3 is 33.4 Å². The maximum atomic E-state index is 12.2. The van der Waals surface area contributed by atoms with Crippen LogP contribution in [-0.4, -0.2) is 53.9 Å². The Labute approximate surface area is 221 Å². The number of ether oxygens (including phenoxy) is 2. The highest BCUT2D eigenvalue weighted by Gasteiger charge is 2.39. The molecule has 0 aromatic heterocycles. The second-order valence-electron chi connectivity index (χ2n) is 8.12. The van der Waals surface area contributed by atoms with Crippen molar-refractivity contribution in [1.29, 1.82) is 0 Å². The lowest BCUT2D eigenvalue weighted by atomic mass is 10.1. The summed E-state index contributed by atoms with van der Waals surface area (Å²) in [5, 5.41) is 5.48. The van der Waals surface area contributed by atoms with Crippen LogP contribution in [0.4, 0.5) is 9.59 Å². The fourth-order valence-electron chi connectivity index (χ4n) is 3.58. The first-order valence-corrected chi connectivity index (χ1v) is 14.9. The van der Waals surface area contributed by atoms with Crippen LogP contribution in [0, 0.1) is 0 Å². The van der Waals surface area contributed by atoms with Crippen molar-refractivity contribution < 1.29 is 32.3 Å². The summed E-state index contributed by atoms with van der Waals surface area (Å²) in [5.74, 6) is 0.907. The highest BCUT2D eigenvalue weighted by Crippen LogP contribution is 2.25. The van der Waals surface area contributed by atoms with Crippen LogP contribution in [0.1, 0.15) is 47.0 Å². The number of hydrogen-bond donors (Lipinski definition) is 2. The van der Waals surface area contributed by atoms with Crippen molar-refractivity contribution in [3.05, 3.63) is 48.5 Å². The van der Waals surface area contributed by atoms with Crippen molar-refractivity contribution in [2.45, 2.75) is 53.0 Å². The van der Waals surface area contributed by atoms with Crippen LogP contribution >= 0.6 is 0 Å². The van der Waals surface area contributed by atoms with Crippen molar-refractivity contribution in [2.75, 3.05) is 32.9 Å². The minimum absolute atomic E-state index is 0.421. The van der Waals surface area contributed by atoms with E-state index in [2.05, 4.69) is 17.6 Å². The van der Waals surface area contributed by atoms with Crippen molar-refractivity contribution in [1.82, 2.24) is 10.6 Å². The summed E-state index contributed by atoms with van der Waals surface area (Å²) in [6, 6.07) is 15.0. The van der Waals surface area contributed by atoms with Gasteiger partial charge in [-0.2, -0.15) is 0 Å². The standard InChI is InChI=1S/C27H40N2O7Si/c1-5-9-19-28-26(30)35-24-15-11-22(12-16-24)23-13-17-25(18-14-23)36-27(31)29-20-10-21-37(32-6-2,33-7-3)34-8-4/h11-18H,5-10,19-21H2,1-4H3,(H,28,30)(H,29,31). The number of nitrogens with one attached hydrogen (secondary N) is 2. The quantitative estimate of drug-likeness (QED) is 0.209. The average molecular weight is 533 g/mol. The Balaban J connectivity index is 1.80. The van der Waals surface area contributed by atoms with Crippen molar-refractivity contribution in [3.8, 4) is 22.6 Å². The Morgan fingerprint density at radius 3 is 1.43 bits per heavy atom. The molecule has 2 rings (SSSR count). The van der Waals surface area contributed by atoms with Crippen molar-refractivity contribution >= 4 is 21.0 Å². The fourth-order valence-corrected chi connectivity index (χ4v) is 6.19. The van der Waals surface area contributed by atoms with E-state index in [0.29, 0.717) is 56.9 Å². The highest BCUT2D eigenvalue weighted by atomic mass is 28.4. The zero-order valence-electron chi connectivity index (χ0n) is 22.3. The Morgan fingerprint density at radius 1 is 0.649 bits per heavy atom. The SMILES string of the molecule is CCCCNC(=O)Oc1ccc(-c2ccc(OC(=O)NCCC[Si](OCC)(OCC)OCC)cc2)cc1. The van der Waals surface area contributed by atoms with Gasteiger partial charge in [-0.15, -0.1) is 0 Å². The van der Waals surface area contributed by atoms with Crippen molar-refractivity contribution in [3.63, 3.8) is 0 Å². The summed E-state index contributed by atoms with van der Waals surface area (Å²) in [6.07, 6.45) is 1.59. The van der Waals surface area contributed by atoms with E-state index in [1.54, 1.807) is 24.3 Å². The van der Waals surface area contributed by atoms with E-state index in [1.807, 2.05) is 45.0 Å². The maximum Gasteiger partial charge on any atom is 0.500 e. The second kappa shape index (κ2) is 16.7. The number of carbonyl (C=O) groups excluding carboxylic acids is 2. The lowest BCUT2D eigenvalue weighted by Gasteiger charge is -2.28. The van der Waals surface area contributed by atoms with E-state index in [0.717, 1.165) is 24.0 Å². The molecule has 2 N–H and O–H groups in total. The predicted molar refractivity (Wildman–Crippen MR) is 145 cm³/mol. The molecular weight excluding hydrogens is 492 g/mol. The number of hydrogen-bond acceptors (Lipinski definition) is 7. The molecule has 0 bridgehead atoms. The molecule has 204 valence electrons. The molecule has 2 aromatic carbocycles. The van der Waals surface area contributed by atoms with Gasteiger partial charge in [-0.05, 0) is 69.0 Å². The molecule has 0 radical (unpaired) electrons. The lowest BCUT2D eigenvalue weighted by molar-refractivity contribution is 0.0707. The Hall–Kier alpha value is -2.92. The number of carbonyl (C=O) groups is 2. The molecule has 9 nitrogen and oxygen atoms in total. The first kappa shape index (κ1) is 30.3. The normalized spacial score (nSPS) is 11.1. The zero-order valence-corrected chi connectivity index (χ0v) is 23.3. The number of amides is 2. The molecule has 0 saturated heterocycles. The van der Waals surface area contributed by atoms with Crippen LogP contribution in [0.15, 0.2) is 48.5 Å². The summed E-state index contributed by atoms with van der Waals surface area (Å²) in [4.78, 5) is 24.0. The third-order valence-corrected chi connectivity index (χ3v) is 8.44. The highest BCUT2D eigenvalue weighted by molar-refractivity contribution is 6.60. The van der Waals surface area contributed by atoms with E-state index in [1.165, 1.54) is 0 Å². The van der Waals surface area contributed by atoms with Gasteiger partial charge in [0.1, 0.15) is 11.5 Å². The van der Waals surface area contributed by atoms with Gasteiger partial charge in [0.25, 0.3) is 0 Å². The molecule has 2 aromatic rings. The van der Waals surface area contributed by atoms with Crippen LogP contribution in [0.25, 0.3) is 11.1 Å². The molecule has 0 heterocycles. The average Bonchev–Trinajstić information content (AvgIpc) is 2.88. The van der Waals surface area contributed by atoms with Gasteiger partial charge in [0.05, 0.1) is 0 Å². The first-order chi connectivity index (χ1) is 17.9. The Kier molecular flexibility index (Phi) is 13.7. The van der Waals surface area contributed by atoms with Gasteiger partial charge in [-0.3, -0.25) is 0 Å². The first-order valence-electron chi connectivity index (χ1n) is 13.0. The minimum atomic E-state index is -2.72. The van der Waals surface area contributed by atoms with Crippen molar-refractivity contribution in [2.24, 2.45) is 0 Å². The van der Waals surface area contributed by atoms with Gasteiger partial charge in [0.2, 0.25) is 0 Å². The van der Waals surface area contributed by atoms with Crippen LogP contribution in [0.3, 0.4) is 0 Å². The van der Waals surface area contributed by atoms with E-state index in [4.69, 9.17) is 22.8 Å². The van der Waals surface area contributed by atoms with Gasteiger partial charge in [-0.25, -0.2) is 9.59 Å². The molecule has 10 heteroatoms. The zero-order chi connectivity index (χ0) is 26.9. The summed E-state index contributed by atoms with van der Waals surface area (Å²) in [7, 11) is -2.72. The van der Waals surface area contributed by atoms with E-state index < -0.39 is 21.0 Å². The molecule has 37 heavy (non-hydrogen) atoms. The molecule has 0 atom stereocenters. The molecule has 2 amide bonds. The second-order valence-corrected chi connectivity index (χ2v) is 10.9. The molecule has 0 aliphatic heterocycles. The molecule has 0 unspecified atom stereocenters. The summed E-state index contributed by atoms with van der Waals surface area (Å²) in [6.45, 7) is 10.4. The minimum Gasteiger partial charge on any atom is -0.410 e. The van der Waals surface area contributed by atoms with Gasteiger partial charge in [-0.1, -0.05) is 37.6 Å². The summed E-state index contributed by atoms with van der Waals surface area (Å²) >= 11 is 0. The fraction of sp³-hybridized carbons (Fsp3) is 0.481. The van der Waals surface area contributed by atoms with Gasteiger partial charge in [0.15, 0.2) is 0 Å². The largest absolute Gasteiger partial charge is 0.500 e. The topological polar surface area (TPSA) is 104 Å². The van der Waals surface area contributed by atoms with E-state index in [9.17, 15) is 9.59 Å². The van der Waals surface area contributed by atoms with Crippen LogP contribution in [0.2, 0.25) is 6.04 Å². The monoisotopic (exact) mass is 532 g/mol. The van der Waals surface area contributed by atoms with Crippen LogP contribution in [0.5, 0.6) is 11.5 Å². The summed E-state index contributed by atoms with van der Waals surface area (Å²) in [5.41, 5.74) is 1.89. The summed E-state index contributed by atoms with van der Waals surface area (Å²) < 4.78 is 28.1. The Morgan fingerprint density at radius 2 is 1.05 bits per heavy atom. The Bertz CT molecular complexity index is 922. The third-order valence-electron chi connectivity index (χ3n) is 5.28. The lowest BCUT2D eigenvalue weighted by Crippen LogP contribution is -2.46. The van der Waals surface area contributed by atoms with Crippen LogP contribution < -0.4 is 20.1 Å². The van der Waals surface area contributed by atoms with E-state index in [-0.39, 0.29) is 0 Å². The van der Waals surface area contributed by atoms with E-state index >= 15 is 0 Å². The number of benzene rings is 2. The maximum absolute atomic E-state index is 12.2.